The Labute approximate surface area is 133 Å². The first-order valence-corrected chi connectivity index (χ1v) is 8.00. The molecular weight excluding hydrogens is 278 g/mol. The number of carbonyl (C=O) groups is 1. The summed E-state index contributed by atoms with van der Waals surface area (Å²) in [6.45, 7) is 6.80. The van der Waals surface area contributed by atoms with Gasteiger partial charge in [0, 0.05) is 45.9 Å². The smallest absolute Gasteiger partial charge is 0.317 e. The zero-order valence-corrected chi connectivity index (χ0v) is 13.6. The van der Waals surface area contributed by atoms with Crippen molar-refractivity contribution in [2.45, 2.75) is 25.9 Å². The molecule has 0 aliphatic carbocycles. The normalized spacial score (nSPS) is 19.7. The number of nitrogens with one attached hydrogen (secondary N) is 1. The predicted molar refractivity (Wildman–Crippen MR) is 87.8 cm³/mol. The molecule has 1 saturated heterocycles. The zero-order valence-electron chi connectivity index (χ0n) is 13.6. The summed E-state index contributed by atoms with van der Waals surface area (Å²) < 4.78 is 4.96. The van der Waals surface area contributed by atoms with Crippen molar-refractivity contribution in [3.05, 3.63) is 35.9 Å². The van der Waals surface area contributed by atoms with E-state index in [0.29, 0.717) is 19.2 Å². The topological polar surface area (TPSA) is 44.8 Å². The van der Waals surface area contributed by atoms with E-state index in [4.69, 9.17) is 4.74 Å². The van der Waals surface area contributed by atoms with Crippen molar-refractivity contribution in [3.8, 4) is 0 Å². The highest BCUT2D eigenvalue weighted by Crippen LogP contribution is 2.14. The van der Waals surface area contributed by atoms with Gasteiger partial charge in [0.15, 0.2) is 0 Å². The van der Waals surface area contributed by atoms with Gasteiger partial charge in [-0.3, -0.25) is 4.90 Å². The van der Waals surface area contributed by atoms with Crippen LogP contribution in [0.3, 0.4) is 0 Å². The largest absolute Gasteiger partial charge is 0.383 e. The van der Waals surface area contributed by atoms with Crippen LogP contribution in [0.15, 0.2) is 30.3 Å². The van der Waals surface area contributed by atoms with Crippen LogP contribution in [0.1, 0.15) is 18.9 Å². The molecule has 5 heteroatoms. The SMILES string of the molecule is COCCNC(=O)N1CCC(C)N(Cc2ccccc2)CC1. The van der Waals surface area contributed by atoms with Crippen LogP contribution in [0.25, 0.3) is 0 Å². The molecule has 2 rings (SSSR count). The summed E-state index contributed by atoms with van der Waals surface area (Å²) in [6.07, 6.45) is 1.00. The molecule has 1 atom stereocenters. The number of nitrogens with zero attached hydrogens (tertiary/aromatic N) is 2. The third-order valence-electron chi connectivity index (χ3n) is 4.20. The first-order chi connectivity index (χ1) is 10.7. The second kappa shape index (κ2) is 8.76. The van der Waals surface area contributed by atoms with Crippen LogP contribution in [0.4, 0.5) is 4.79 Å². The van der Waals surface area contributed by atoms with Gasteiger partial charge in [0.25, 0.3) is 0 Å². The Kier molecular flexibility index (Phi) is 6.68. The van der Waals surface area contributed by atoms with E-state index in [2.05, 4.69) is 41.4 Å². The lowest BCUT2D eigenvalue weighted by Crippen LogP contribution is -2.43. The number of rotatable bonds is 5. The highest BCUT2D eigenvalue weighted by atomic mass is 16.5. The van der Waals surface area contributed by atoms with Crippen LogP contribution in [0.5, 0.6) is 0 Å². The Morgan fingerprint density at radius 1 is 1.27 bits per heavy atom. The number of amides is 2. The van der Waals surface area contributed by atoms with Gasteiger partial charge in [-0.05, 0) is 18.9 Å². The molecule has 22 heavy (non-hydrogen) atoms. The molecule has 0 saturated carbocycles. The molecule has 122 valence electrons. The fourth-order valence-corrected chi connectivity index (χ4v) is 2.73. The highest BCUT2D eigenvalue weighted by molar-refractivity contribution is 5.74. The second-order valence-electron chi connectivity index (χ2n) is 5.81. The molecule has 1 aliphatic heterocycles. The number of methoxy groups -OCH3 is 1. The molecule has 0 spiro atoms. The lowest BCUT2D eigenvalue weighted by Gasteiger charge is -2.26. The van der Waals surface area contributed by atoms with Crippen molar-refractivity contribution in [3.63, 3.8) is 0 Å². The molecule has 0 radical (unpaired) electrons. The quantitative estimate of drug-likeness (QED) is 0.846. The summed E-state index contributed by atoms with van der Waals surface area (Å²) in [7, 11) is 1.64. The molecule has 2 amide bonds. The zero-order chi connectivity index (χ0) is 15.8. The van der Waals surface area contributed by atoms with Gasteiger partial charge < -0.3 is 15.0 Å². The summed E-state index contributed by atoms with van der Waals surface area (Å²) in [5.74, 6) is 0. The Hall–Kier alpha value is -1.59. The number of urea groups is 1. The molecule has 1 fully saturated rings. The van der Waals surface area contributed by atoms with Gasteiger partial charge in [-0.15, -0.1) is 0 Å². The Balaban J connectivity index is 1.86. The van der Waals surface area contributed by atoms with Gasteiger partial charge in [0.05, 0.1) is 6.61 Å². The summed E-state index contributed by atoms with van der Waals surface area (Å²) in [6, 6.07) is 11.0. The van der Waals surface area contributed by atoms with Gasteiger partial charge in [0.1, 0.15) is 0 Å². The van der Waals surface area contributed by atoms with Crippen molar-refractivity contribution < 1.29 is 9.53 Å². The molecular formula is C17H27N3O2. The predicted octanol–water partition coefficient (Wildman–Crippen LogP) is 1.94. The summed E-state index contributed by atoms with van der Waals surface area (Å²) in [4.78, 5) is 16.5. The van der Waals surface area contributed by atoms with E-state index >= 15 is 0 Å². The fourth-order valence-electron chi connectivity index (χ4n) is 2.73. The van der Waals surface area contributed by atoms with E-state index < -0.39 is 0 Å². The van der Waals surface area contributed by atoms with Crippen LogP contribution in [-0.4, -0.2) is 61.8 Å². The Morgan fingerprint density at radius 2 is 2.05 bits per heavy atom. The van der Waals surface area contributed by atoms with Gasteiger partial charge in [-0.1, -0.05) is 30.3 Å². The average Bonchev–Trinajstić information content (AvgIpc) is 2.71. The second-order valence-corrected chi connectivity index (χ2v) is 5.81. The molecule has 0 aromatic heterocycles. The summed E-state index contributed by atoms with van der Waals surface area (Å²) in [5.41, 5.74) is 1.33. The maximum atomic E-state index is 12.1. The van der Waals surface area contributed by atoms with E-state index in [-0.39, 0.29) is 6.03 Å². The average molecular weight is 305 g/mol. The fraction of sp³-hybridized carbons (Fsp3) is 0.588. The first kappa shape index (κ1) is 16.8. The molecule has 0 bridgehead atoms. The third-order valence-corrected chi connectivity index (χ3v) is 4.20. The van der Waals surface area contributed by atoms with Crippen LogP contribution in [0.2, 0.25) is 0 Å². The van der Waals surface area contributed by atoms with Crippen LogP contribution in [0, 0.1) is 0 Å². The van der Waals surface area contributed by atoms with E-state index in [0.717, 1.165) is 32.6 Å². The van der Waals surface area contributed by atoms with E-state index in [9.17, 15) is 4.79 Å². The lowest BCUT2D eigenvalue weighted by molar-refractivity contribution is 0.178. The van der Waals surface area contributed by atoms with Crippen LogP contribution >= 0.6 is 0 Å². The number of carbonyl (C=O) groups excluding carboxylic acids is 1. The minimum Gasteiger partial charge on any atom is -0.383 e. The minimum atomic E-state index is 0.0193. The van der Waals surface area contributed by atoms with Gasteiger partial charge in [0.2, 0.25) is 0 Å². The monoisotopic (exact) mass is 305 g/mol. The molecule has 1 aliphatic rings. The number of ether oxygens (including phenoxy) is 1. The van der Waals surface area contributed by atoms with Crippen molar-refractivity contribution >= 4 is 6.03 Å². The minimum absolute atomic E-state index is 0.0193. The number of hydrogen-bond acceptors (Lipinski definition) is 3. The van der Waals surface area contributed by atoms with Crippen molar-refractivity contribution in [2.24, 2.45) is 0 Å². The van der Waals surface area contributed by atoms with Crippen molar-refractivity contribution in [1.82, 2.24) is 15.1 Å². The third kappa shape index (κ3) is 5.00. The molecule has 1 heterocycles. The summed E-state index contributed by atoms with van der Waals surface area (Å²) >= 11 is 0. The molecule has 5 nitrogen and oxygen atoms in total. The van der Waals surface area contributed by atoms with Gasteiger partial charge in [-0.2, -0.15) is 0 Å². The van der Waals surface area contributed by atoms with E-state index in [1.54, 1.807) is 7.11 Å². The van der Waals surface area contributed by atoms with Crippen LogP contribution < -0.4 is 5.32 Å². The molecule has 1 unspecified atom stereocenters. The standard InChI is InChI=1S/C17H27N3O2/c1-15-8-10-19(17(21)18-9-13-22-2)11-12-20(15)14-16-6-4-3-5-7-16/h3-7,15H,8-14H2,1-2H3,(H,18,21). The first-order valence-electron chi connectivity index (χ1n) is 8.00. The molecule has 1 N–H and O–H groups in total. The maximum Gasteiger partial charge on any atom is 0.317 e. The van der Waals surface area contributed by atoms with E-state index in [1.165, 1.54) is 5.56 Å². The Morgan fingerprint density at radius 3 is 2.77 bits per heavy atom. The molecule has 1 aromatic rings. The maximum absolute atomic E-state index is 12.1. The summed E-state index contributed by atoms with van der Waals surface area (Å²) in [5, 5.41) is 2.90. The molecule has 1 aromatic carbocycles. The number of hydrogen-bond donors (Lipinski definition) is 1. The van der Waals surface area contributed by atoms with Gasteiger partial charge in [-0.25, -0.2) is 4.79 Å². The van der Waals surface area contributed by atoms with Gasteiger partial charge >= 0.3 is 6.03 Å². The van der Waals surface area contributed by atoms with E-state index in [1.807, 2.05) is 11.0 Å². The highest BCUT2D eigenvalue weighted by Gasteiger charge is 2.23. The van der Waals surface area contributed by atoms with Crippen LogP contribution in [-0.2, 0) is 11.3 Å². The van der Waals surface area contributed by atoms with Crippen molar-refractivity contribution in [2.75, 3.05) is 39.9 Å². The Bertz CT molecular complexity index is 452. The van der Waals surface area contributed by atoms with Crippen molar-refractivity contribution in [1.29, 1.82) is 0 Å². The number of benzene rings is 1. The lowest BCUT2D eigenvalue weighted by atomic mass is 10.1.